The SMILES string of the molecule is CNC(CSc1ccccc1)c1nccnc1OC. The van der Waals surface area contributed by atoms with Crippen LogP contribution in [0, 0.1) is 0 Å². The fourth-order valence-electron chi connectivity index (χ4n) is 1.73. The van der Waals surface area contributed by atoms with E-state index < -0.39 is 0 Å². The molecule has 2 rings (SSSR count). The van der Waals surface area contributed by atoms with Gasteiger partial charge in [-0.3, -0.25) is 4.98 Å². The molecule has 5 heteroatoms. The van der Waals surface area contributed by atoms with E-state index in [-0.39, 0.29) is 6.04 Å². The van der Waals surface area contributed by atoms with E-state index in [1.165, 1.54) is 4.90 Å². The molecule has 1 aromatic heterocycles. The minimum atomic E-state index is 0.105. The number of nitrogens with one attached hydrogen (secondary N) is 1. The second-order valence-corrected chi connectivity index (χ2v) is 5.01. The average Bonchev–Trinajstić information content (AvgIpc) is 2.49. The van der Waals surface area contributed by atoms with Crippen LogP contribution in [0.25, 0.3) is 0 Å². The second-order valence-electron chi connectivity index (χ2n) is 3.92. The van der Waals surface area contributed by atoms with Gasteiger partial charge in [-0.25, -0.2) is 4.98 Å². The highest BCUT2D eigenvalue weighted by Crippen LogP contribution is 2.26. The molecule has 0 fully saturated rings. The summed E-state index contributed by atoms with van der Waals surface area (Å²) in [5.41, 5.74) is 0.843. The van der Waals surface area contributed by atoms with Gasteiger partial charge in [-0.05, 0) is 19.2 Å². The topological polar surface area (TPSA) is 47.0 Å². The molecule has 0 saturated carbocycles. The first-order valence-corrected chi connectivity index (χ1v) is 7.03. The molecule has 100 valence electrons. The highest BCUT2D eigenvalue weighted by molar-refractivity contribution is 7.99. The van der Waals surface area contributed by atoms with E-state index in [0.717, 1.165) is 11.4 Å². The molecule has 4 nitrogen and oxygen atoms in total. The lowest BCUT2D eigenvalue weighted by atomic mass is 10.2. The fourth-order valence-corrected chi connectivity index (χ4v) is 2.76. The van der Waals surface area contributed by atoms with Gasteiger partial charge in [0.2, 0.25) is 5.88 Å². The molecule has 1 heterocycles. The highest BCUT2D eigenvalue weighted by atomic mass is 32.2. The predicted molar refractivity (Wildman–Crippen MR) is 77.6 cm³/mol. The Morgan fingerprint density at radius 2 is 1.95 bits per heavy atom. The van der Waals surface area contributed by atoms with Crippen molar-refractivity contribution in [1.29, 1.82) is 0 Å². The Kier molecular flexibility index (Phi) is 5.18. The monoisotopic (exact) mass is 275 g/mol. The summed E-state index contributed by atoms with van der Waals surface area (Å²) in [6, 6.07) is 10.4. The van der Waals surface area contributed by atoms with Crippen LogP contribution < -0.4 is 10.1 Å². The van der Waals surface area contributed by atoms with Crippen molar-refractivity contribution in [2.75, 3.05) is 19.9 Å². The van der Waals surface area contributed by atoms with Gasteiger partial charge in [-0.15, -0.1) is 11.8 Å². The van der Waals surface area contributed by atoms with Crippen LogP contribution in [0.15, 0.2) is 47.6 Å². The summed E-state index contributed by atoms with van der Waals surface area (Å²) in [6.45, 7) is 0. The maximum Gasteiger partial charge on any atom is 0.237 e. The minimum absolute atomic E-state index is 0.105. The van der Waals surface area contributed by atoms with Crippen LogP contribution >= 0.6 is 11.8 Å². The number of thioether (sulfide) groups is 1. The molecule has 0 radical (unpaired) electrons. The van der Waals surface area contributed by atoms with Crippen molar-refractivity contribution in [3.8, 4) is 5.88 Å². The lowest BCUT2D eigenvalue weighted by molar-refractivity contribution is 0.383. The zero-order valence-electron chi connectivity index (χ0n) is 11.0. The summed E-state index contributed by atoms with van der Waals surface area (Å²) in [7, 11) is 3.54. The molecule has 1 N–H and O–H groups in total. The maximum absolute atomic E-state index is 5.26. The van der Waals surface area contributed by atoms with Crippen LogP contribution in [0.1, 0.15) is 11.7 Å². The summed E-state index contributed by atoms with van der Waals surface area (Å²) in [5, 5.41) is 3.26. The number of hydrogen-bond donors (Lipinski definition) is 1. The van der Waals surface area contributed by atoms with E-state index in [2.05, 4.69) is 27.4 Å². The van der Waals surface area contributed by atoms with Crippen LogP contribution in [0.5, 0.6) is 5.88 Å². The van der Waals surface area contributed by atoms with Crippen molar-refractivity contribution >= 4 is 11.8 Å². The van der Waals surface area contributed by atoms with Crippen LogP contribution in [0.3, 0.4) is 0 Å². The van der Waals surface area contributed by atoms with Gasteiger partial charge in [0.05, 0.1) is 13.2 Å². The second kappa shape index (κ2) is 7.11. The molecule has 0 aliphatic carbocycles. The van der Waals surface area contributed by atoms with Gasteiger partial charge < -0.3 is 10.1 Å². The lowest BCUT2D eigenvalue weighted by Gasteiger charge is -2.16. The molecule has 0 amide bonds. The molecular formula is C14H17N3OS. The van der Waals surface area contributed by atoms with Crippen molar-refractivity contribution in [3.05, 3.63) is 48.4 Å². The van der Waals surface area contributed by atoms with Gasteiger partial charge in [0.1, 0.15) is 5.69 Å². The molecule has 19 heavy (non-hydrogen) atoms. The number of rotatable bonds is 6. The van der Waals surface area contributed by atoms with Crippen molar-refractivity contribution in [2.45, 2.75) is 10.9 Å². The minimum Gasteiger partial charge on any atom is -0.480 e. The molecule has 1 atom stereocenters. The smallest absolute Gasteiger partial charge is 0.237 e. The molecule has 0 aliphatic rings. The third kappa shape index (κ3) is 3.68. The normalized spacial score (nSPS) is 12.1. The standard InChI is InChI=1S/C14H17N3OS/c1-15-12(10-19-11-6-4-3-5-7-11)13-14(18-2)17-9-8-16-13/h3-9,12,15H,10H2,1-2H3. The molecule has 2 aromatic rings. The van der Waals surface area contributed by atoms with Crippen LogP contribution in [0.2, 0.25) is 0 Å². The van der Waals surface area contributed by atoms with Crippen molar-refractivity contribution in [2.24, 2.45) is 0 Å². The van der Waals surface area contributed by atoms with Gasteiger partial charge in [0.15, 0.2) is 0 Å². The highest BCUT2D eigenvalue weighted by Gasteiger charge is 2.17. The Morgan fingerprint density at radius 3 is 2.63 bits per heavy atom. The van der Waals surface area contributed by atoms with E-state index in [1.807, 2.05) is 25.2 Å². The quantitative estimate of drug-likeness (QED) is 0.821. The Balaban J connectivity index is 2.08. The van der Waals surface area contributed by atoms with Crippen molar-refractivity contribution < 1.29 is 4.74 Å². The first kappa shape index (κ1) is 13.8. The summed E-state index contributed by atoms with van der Waals surface area (Å²) in [5.74, 6) is 1.45. The largest absolute Gasteiger partial charge is 0.480 e. The predicted octanol–water partition coefficient (Wildman–Crippen LogP) is 2.54. The summed E-state index contributed by atoms with van der Waals surface area (Å²) < 4.78 is 5.26. The maximum atomic E-state index is 5.26. The number of nitrogens with zero attached hydrogens (tertiary/aromatic N) is 2. The number of aromatic nitrogens is 2. The molecule has 0 aliphatic heterocycles. The fraction of sp³-hybridized carbons (Fsp3) is 0.286. The molecule has 0 spiro atoms. The van der Waals surface area contributed by atoms with Gasteiger partial charge in [-0.1, -0.05) is 18.2 Å². The van der Waals surface area contributed by atoms with E-state index in [9.17, 15) is 0 Å². The van der Waals surface area contributed by atoms with Crippen molar-refractivity contribution in [3.63, 3.8) is 0 Å². The van der Waals surface area contributed by atoms with Gasteiger partial charge in [0, 0.05) is 23.0 Å². The number of hydrogen-bond acceptors (Lipinski definition) is 5. The van der Waals surface area contributed by atoms with Crippen molar-refractivity contribution in [1.82, 2.24) is 15.3 Å². The van der Waals surface area contributed by atoms with Gasteiger partial charge in [0.25, 0.3) is 0 Å². The summed E-state index contributed by atoms with van der Waals surface area (Å²) in [4.78, 5) is 9.80. The molecular weight excluding hydrogens is 258 g/mol. The lowest BCUT2D eigenvalue weighted by Crippen LogP contribution is -2.21. The Bertz CT molecular complexity index is 507. The molecule has 0 bridgehead atoms. The molecule has 1 aromatic carbocycles. The first-order valence-electron chi connectivity index (χ1n) is 6.05. The number of methoxy groups -OCH3 is 1. The Morgan fingerprint density at radius 1 is 1.21 bits per heavy atom. The third-order valence-electron chi connectivity index (χ3n) is 2.72. The van der Waals surface area contributed by atoms with E-state index in [4.69, 9.17) is 4.74 Å². The zero-order chi connectivity index (χ0) is 13.5. The van der Waals surface area contributed by atoms with Gasteiger partial charge >= 0.3 is 0 Å². The average molecular weight is 275 g/mol. The van der Waals surface area contributed by atoms with Crippen LogP contribution in [-0.4, -0.2) is 29.9 Å². The van der Waals surface area contributed by atoms with Crippen LogP contribution in [-0.2, 0) is 0 Å². The molecule has 1 unspecified atom stereocenters. The van der Waals surface area contributed by atoms with E-state index >= 15 is 0 Å². The van der Waals surface area contributed by atoms with Crippen LogP contribution in [0.4, 0.5) is 0 Å². The third-order valence-corrected chi connectivity index (χ3v) is 3.83. The van der Waals surface area contributed by atoms with Gasteiger partial charge in [-0.2, -0.15) is 0 Å². The summed E-state index contributed by atoms with van der Waals surface area (Å²) >= 11 is 1.78. The van der Waals surface area contributed by atoms with E-state index in [1.54, 1.807) is 31.3 Å². The summed E-state index contributed by atoms with van der Waals surface area (Å²) in [6.07, 6.45) is 3.33. The Labute approximate surface area is 117 Å². The first-order chi connectivity index (χ1) is 9.35. The molecule has 0 saturated heterocycles. The van der Waals surface area contributed by atoms with E-state index in [0.29, 0.717) is 5.88 Å². The number of benzene rings is 1. The zero-order valence-corrected chi connectivity index (χ0v) is 11.9. The number of ether oxygens (including phenoxy) is 1. The Hall–Kier alpha value is -1.59.